The summed E-state index contributed by atoms with van der Waals surface area (Å²) in [6.45, 7) is 4.20. The molecule has 0 saturated carbocycles. The van der Waals surface area contributed by atoms with Gasteiger partial charge in [-0.15, -0.1) is 0 Å². The van der Waals surface area contributed by atoms with Gasteiger partial charge in [-0.1, -0.05) is 29.8 Å². The molecule has 104 valence electrons. The Morgan fingerprint density at radius 1 is 1.20 bits per heavy atom. The topological polar surface area (TPSA) is 52.3 Å². The van der Waals surface area contributed by atoms with Crippen molar-refractivity contribution in [2.45, 2.75) is 20.5 Å². The van der Waals surface area contributed by atoms with Gasteiger partial charge in [-0.2, -0.15) is 0 Å². The average Bonchev–Trinajstić information content (AvgIpc) is 2.40. The van der Waals surface area contributed by atoms with Crippen molar-refractivity contribution in [2.24, 2.45) is 0 Å². The van der Waals surface area contributed by atoms with E-state index in [1.807, 2.05) is 32.0 Å². The summed E-state index contributed by atoms with van der Waals surface area (Å²) in [7, 11) is 0. The van der Waals surface area contributed by atoms with Crippen molar-refractivity contribution in [3.8, 4) is 0 Å². The van der Waals surface area contributed by atoms with Crippen molar-refractivity contribution < 1.29 is 9.53 Å². The van der Waals surface area contributed by atoms with Crippen molar-refractivity contribution in [3.05, 3.63) is 63.7 Å². The summed E-state index contributed by atoms with van der Waals surface area (Å²) in [5, 5.41) is 0.339. The minimum absolute atomic E-state index is 0.225. The molecule has 2 N–H and O–H groups in total. The van der Waals surface area contributed by atoms with Crippen LogP contribution in [-0.4, -0.2) is 5.97 Å². The van der Waals surface area contributed by atoms with Crippen LogP contribution in [0.5, 0.6) is 0 Å². The molecular formula is C16H16ClNO2. The minimum atomic E-state index is -0.468. The van der Waals surface area contributed by atoms with Crippen LogP contribution in [0.2, 0.25) is 5.02 Å². The average molecular weight is 290 g/mol. The van der Waals surface area contributed by atoms with Crippen LogP contribution in [0.3, 0.4) is 0 Å². The summed E-state index contributed by atoms with van der Waals surface area (Å²) in [6.07, 6.45) is 0. The zero-order chi connectivity index (χ0) is 14.7. The van der Waals surface area contributed by atoms with Crippen LogP contribution in [0.25, 0.3) is 0 Å². The lowest BCUT2D eigenvalue weighted by atomic mass is 10.0. The number of rotatable bonds is 3. The molecule has 0 amide bonds. The standard InChI is InChI=1S/C16H16ClNO2/c1-10-4-3-5-11(2)14(10)9-20-16(19)13-8-12(18)6-7-15(13)17/h3-8H,9,18H2,1-2H3. The van der Waals surface area contributed by atoms with Crippen LogP contribution in [-0.2, 0) is 11.3 Å². The van der Waals surface area contributed by atoms with Gasteiger partial charge in [0.1, 0.15) is 6.61 Å². The molecule has 0 radical (unpaired) electrons. The maximum atomic E-state index is 12.1. The molecule has 0 fully saturated rings. The fourth-order valence-corrected chi connectivity index (χ4v) is 2.19. The van der Waals surface area contributed by atoms with Crippen molar-refractivity contribution in [1.82, 2.24) is 0 Å². The number of nitrogen functional groups attached to an aromatic ring is 1. The number of hydrogen-bond donors (Lipinski definition) is 1. The maximum Gasteiger partial charge on any atom is 0.340 e. The number of hydrogen-bond acceptors (Lipinski definition) is 3. The molecule has 0 aliphatic carbocycles. The molecule has 0 unspecified atom stereocenters. The zero-order valence-electron chi connectivity index (χ0n) is 11.4. The Morgan fingerprint density at radius 3 is 2.50 bits per heavy atom. The maximum absolute atomic E-state index is 12.1. The fraction of sp³-hybridized carbons (Fsp3) is 0.188. The van der Waals surface area contributed by atoms with Gasteiger partial charge in [0.2, 0.25) is 0 Å². The Labute approximate surface area is 123 Å². The third-order valence-corrected chi connectivity index (χ3v) is 3.53. The largest absolute Gasteiger partial charge is 0.457 e. The minimum Gasteiger partial charge on any atom is -0.457 e. The van der Waals surface area contributed by atoms with Crippen LogP contribution in [0, 0.1) is 13.8 Å². The number of aryl methyl sites for hydroxylation is 2. The third-order valence-electron chi connectivity index (χ3n) is 3.20. The lowest BCUT2D eigenvalue weighted by molar-refractivity contribution is 0.0472. The molecular weight excluding hydrogens is 274 g/mol. The molecule has 2 aromatic rings. The van der Waals surface area contributed by atoms with Crippen molar-refractivity contribution in [2.75, 3.05) is 5.73 Å². The van der Waals surface area contributed by atoms with E-state index in [0.717, 1.165) is 16.7 Å². The quantitative estimate of drug-likeness (QED) is 0.689. The van der Waals surface area contributed by atoms with Gasteiger partial charge in [0.05, 0.1) is 10.6 Å². The lowest BCUT2D eigenvalue weighted by Crippen LogP contribution is -2.08. The summed E-state index contributed by atoms with van der Waals surface area (Å²) in [6, 6.07) is 10.7. The van der Waals surface area contributed by atoms with Gasteiger partial charge in [-0.05, 0) is 48.7 Å². The van der Waals surface area contributed by atoms with Gasteiger partial charge in [0.25, 0.3) is 0 Å². The highest BCUT2D eigenvalue weighted by Gasteiger charge is 2.13. The predicted octanol–water partition coefficient (Wildman–Crippen LogP) is 3.90. The molecule has 4 heteroatoms. The molecule has 0 atom stereocenters. The third kappa shape index (κ3) is 3.11. The molecule has 0 spiro atoms. The zero-order valence-corrected chi connectivity index (χ0v) is 12.2. The summed E-state index contributed by atoms with van der Waals surface area (Å²) in [5.74, 6) is -0.468. The first-order chi connectivity index (χ1) is 9.49. The SMILES string of the molecule is Cc1cccc(C)c1COC(=O)c1cc(N)ccc1Cl. The molecule has 0 aromatic heterocycles. The first-order valence-electron chi connectivity index (χ1n) is 6.26. The second kappa shape index (κ2) is 5.97. The fourth-order valence-electron chi connectivity index (χ4n) is 1.99. The Morgan fingerprint density at radius 2 is 1.85 bits per heavy atom. The Kier molecular flexibility index (Phi) is 4.30. The number of ether oxygens (including phenoxy) is 1. The normalized spacial score (nSPS) is 10.3. The molecule has 0 aliphatic heterocycles. The van der Waals surface area contributed by atoms with E-state index in [1.165, 1.54) is 6.07 Å². The molecule has 0 heterocycles. The van der Waals surface area contributed by atoms with Crippen LogP contribution in [0.4, 0.5) is 5.69 Å². The Bertz CT molecular complexity index is 633. The van der Waals surface area contributed by atoms with Gasteiger partial charge in [0, 0.05) is 5.69 Å². The highest BCUT2D eigenvalue weighted by molar-refractivity contribution is 6.33. The molecule has 20 heavy (non-hydrogen) atoms. The highest BCUT2D eigenvalue weighted by atomic mass is 35.5. The van der Waals surface area contributed by atoms with Gasteiger partial charge in [-0.25, -0.2) is 4.79 Å². The van der Waals surface area contributed by atoms with E-state index in [4.69, 9.17) is 22.1 Å². The number of carbonyl (C=O) groups is 1. The van der Waals surface area contributed by atoms with E-state index >= 15 is 0 Å². The van der Waals surface area contributed by atoms with Gasteiger partial charge >= 0.3 is 5.97 Å². The van der Waals surface area contributed by atoms with E-state index in [0.29, 0.717) is 10.7 Å². The van der Waals surface area contributed by atoms with Crippen LogP contribution in [0.1, 0.15) is 27.0 Å². The first kappa shape index (κ1) is 14.4. The first-order valence-corrected chi connectivity index (χ1v) is 6.64. The molecule has 2 rings (SSSR count). The predicted molar refractivity (Wildman–Crippen MR) is 80.9 cm³/mol. The molecule has 0 saturated heterocycles. The summed E-state index contributed by atoms with van der Waals surface area (Å²) in [4.78, 5) is 12.1. The van der Waals surface area contributed by atoms with E-state index < -0.39 is 5.97 Å². The number of esters is 1. The summed E-state index contributed by atoms with van der Waals surface area (Å²) in [5.41, 5.74) is 9.63. The Hall–Kier alpha value is -2.00. The van der Waals surface area contributed by atoms with Crippen LogP contribution < -0.4 is 5.73 Å². The van der Waals surface area contributed by atoms with E-state index in [9.17, 15) is 4.79 Å². The van der Waals surface area contributed by atoms with Gasteiger partial charge < -0.3 is 10.5 Å². The molecule has 0 aliphatic rings. The second-order valence-electron chi connectivity index (χ2n) is 4.69. The smallest absolute Gasteiger partial charge is 0.340 e. The van der Waals surface area contributed by atoms with E-state index in [1.54, 1.807) is 12.1 Å². The number of benzene rings is 2. The van der Waals surface area contributed by atoms with Crippen molar-refractivity contribution in [1.29, 1.82) is 0 Å². The van der Waals surface area contributed by atoms with Crippen LogP contribution in [0.15, 0.2) is 36.4 Å². The van der Waals surface area contributed by atoms with Crippen molar-refractivity contribution in [3.63, 3.8) is 0 Å². The van der Waals surface area contributed by atoms with E-state index in [-0.39, 0.29) is 12.2 Å². The number of carbonyl (C=O) groups excluding carboxylic acids is 1. The molecule has 0 bridgehead atoms. The highest BCUT2D eigenvalue weighted by Crippen LogP contribution is 2.21. The summed E-state index contributed by atoms with van der Waals surface area (Å²) >= 11 is 5.98. The Balaban J connectivity index is 2.15. The van der Waals surface area contributed by atoms with Crippen molar-refractivity contribution >= 4 is 23.3 Å². The monoisotopic (exact) mass is 289 g/mol. The van der Waals surface area contributed by atoms with Crippen LogP contribution >= 0.6 is 11.6 Å². The van der Waals surface area contributed by atoms with E-state index in [2.05, 4.69) is 0 Å². The van der Waals surface area contributed by atoms with Gasteiger partial charge in [-0.3, -0.25) is 0 Å². The van der Waals surface area contributed by atoms with Gasteiger partial charge in [0.15, 0.2) is 0 Å². The molecule has 2 aromatic carbocycles. The lowest BCUT2D eigenvalue weighted by Gasteiger charge is -2.11. The number of halogens is 1. The number of nitrogens with two attached hydrogens (primary N) is 1. The second-order valence-corrected chi connectivity index (χ2v) is 5.09. The number of anilines is 1. The summed E-state index contributed by atoms with van der Waals surface area (Å²) < 4.78 is 5.33. The molecule has 3 nitrogen and oxygen atoms in total.